The molecule has 2 N–H and O–H groups in total. The van der Waals surface area contributed by atoms with Gasteiger partial charge in [-0.2, -0.15) is 0 Å². The van der Waals surface area contributed by atoms with E-state index in [4.69, 9.17) is 33.6 Å². The second-order valence-corrected chi connectivity index (χ2v) is 20.3. The van der Waals surface area contributed by atoms with Gasteiger partial charge in [0.15, 0.2) is 0 Å². The van der Waals surface area contributed by atoms with Gasteiger partial charge < -0.3 is 0 Å². The zero-order chi connectivity index (χ0) is 44.8. The van der Waals surface area contributed by atoms with E-state index in [1.807, 2.05) is 36.4 Å². The van der Waals surface area contributed by atoms with E-state index in [9.17, 15) is 3.67 Å². The molecule has 0 fully saturated rings. The number of aromatic amines is 2. The molecule has 0 spiro atoms. The van der Waals surface area contributed by atoms with E-state index in [2.05, 4.69) is 123 Å². The average Bonchev–Trinajstić information content (AvgIpc) is 4.01. The van der Waals surface area contributed by atoms with Crippen molar-refractivity contribution < 1.29 is 23.9 Å². The zero-order valence-corrected chi connectivity index (χ0v) is 40.0. The van der Waals surface area contributed by atoms with Gasteiger partial charge in [0.2, 0.25) is 0 Å². The number of hydrogen-bond acceptors (Lipinski definition) is 8. The first-order valence-corrected chi connectivity index (χ1v) is 23.5. The van der Waals surface area contributed by atoms with Crippen LogP contribution in [0.5, 0.6) is 5.75 Å². The summed E-state index contributed by atoms with van der Waals surface area (Å²) in [5, 5.41) is 3.48. The summed E-state index contributed by atoms with van der Waals surface area (Å²) in [5.74, 6) is 2.76. The minimum absolute atomic E-state index is 0.201. The Morgan fingerprint density at radius 2 is 0.921 bits per heavy atom. The van der Waals surface area contributed by atoms with Gasteiger partial charge in [-0.3, -0.25) is 0 Å². The summed E-state index contributed by atoms with van der Waals surface area (Å²) in [7, 11) is 0. The molecule has 9 rings (SSSR count). The van der Waals surface area contributed by atoms with E-state index in [0.29, 0.717) is 51.6 Å². The minimum Gasteiger partial charge on any atom is -0.0615 e. The van der Waals surface area contributed by atoms with Crippen LogP contribution < -0.4 is 3.66 Å². The minimum atomic E-state index is -1.75. The Kier molecular flexibility index (Phi) is 10.4. The summed E-state index contributed by atoms with van der Waals surface area (Å²) in [5.41, 5.74) is 9.42. The van der Waals surface area contributed by atoms with Gasteiger partial charge in [0.25, 0.3) is 0 Å². The molecule has 0 aliphatic carbocycles. The molecular weight excluding hydrogens is 820 g/mol. The molecule has 10 nitrogen and oxygen atoms in total. The first-order chi connectivity index (χ1) is 30.0. The summed E-state index contributed by atoms with van der Waals surface area (Å²) < 4.78 is 19.7. The fourth-order valence-corrected chi connectivity index (χ4v) is 9.78. The topological polar surface area (TPSA) is 135 Å². The number of H-pyrrole nitrogens is 2. The summed E-state index contributed by atoms with van der Waals surface area (Å²) in [6.45, 7) is 27.3. The SMILES string of the molecule is CCC(C)(C)c1cccc2c1-c1nc-2nc2[nH]c(nc3nc(nc4[nH]c(n1)c1c(C(C)(C)CC)c(C(C)(C)CC)c(C(C)(C)CC)c([O][V]=[O])c41)-c1ccccc1-3)c1ccccc21. The van der Waals surface area contributed by atoms with Crippen molar-refractivity contribution in [2.75, 3.05) is 0 Å². The first-order valence-electron chi connectivity index (χ1n) is 22.4. The van der Waals surface area contributed by atoms with Crippen molar-refractivity contribution >= 4 is 44.1 Å². The Bertz CT molecular complexity index is 3190. The van der Waals surface area contributed by atoms with Crippen molar-refractivity contribution in [3.63, 3.8) is 0 Å². The van der Waals surface area contributed by atoms with Crippen molar-refractivity contribution in [1.82, 2.24) is 39.9 Å². The summed E-state index contributed by atoms with van der Waals surface area (Å²) in [6.07, 6.45) is 3.46. The van der Waals surface area contributed by atoms with E-state index >= 15 is 0 Å². The standard InChI is InChI=1S/C52H58N8O.O.V/c1-13-49(5,6)33-27-21-26-32-34(33)46-58-45(32)56-43-29-23-18-17-22-28(29)41(54-43)53-42-30-24-19-20-25-31(30)44(55-42)57-48-36-35(47(59-46)60-48)37(50(7,8)14-2)38(51(9,10)15-3)39(40(36)61)52(11,12)16-4;;/h17-27,61H,13-16H2,1-12H3,(H2,53,54,55,56,57,58,59,60);;/q;;+1/p-1. The van der Waals surface area contributed by atoms with Crippen LogP contribution in [-0.4, -0.2) is 39.9 Å². The molecule has 4 aromatic carbocycles. The molecule has 2 aliphatic rings. The molecule has 0 saturated carbocycles. The Hall–Kier alpha value is -5.58. The number of hydrogen-bond donors (Lipinski definition) is 2. The molecule has 2 aliphatic heterocycles. The third kappa shape index (κ3) is 6.74. The summed E-state index contributed by atoms with van der Waals surface area (Å²) >= 11 is -1.75. The van der Waals surface area contributed by atoms with Crippen LogP contribution in [0.2, 0.25) is 0 Å². The average molecular weight is 877 g/mol. The van der Waals surface area contributed by atoms with Gasteiger partial charge >= 0.3 is 360 Å². The maximum absolute atomic E-state index is 13.1. The molecule has 322 valence electrons. The molecule has 0 amide bonds. The Morgan fingerprint density at radius 3 is 1.49 bits per heavy atom. The van der Waals surface area contributed by atoms with Crippen LogP contribution in [0.1, 0.15) is 131 Å². The predicted molar refractivity (Wildman–Crippen MR) is 251 cm³/mol. The smallest absolute Gasteiger partial charge is 0.0615 e. The summed E-state index contributed by atoms with van der Waals surface area (Å²) in [6, 6.07) is 22.6. The normalized spacial score (nSPS) is 13.1. The Balaban J connectivity index is 1.62. The van der Waals surface area contributed by atoms with Crippen molar-refractivity contribution in [2.24, 2.45) is 0 Å². The quantitative estimate of drug-likeness (QED) is 0.139. The van der Waals surface area contributed by atoms with E-state index in [1.165, 1.54) is 11.1 Å². The molecule has 0 radical (unpaired) electrons. The van der Waals surface area contributed by atoms with Crippen LogP contribution in [0, 0.1) is 0 Å². The molecule has 0 unspecified atom stereocenters. The number of fused-ring (bicyclic) bond motifs is 20. The van der Waals surface area contributed by atoms with Crippen LogP contribution in [-0.2, 0) is 41.9 Å². The maximum atomic E-state index is 13.1. The molecule has 5 heterocycles. The van der Waals surface area contributed by atoms with Crippen molar-refractivity contribution in [3.05, 3.63) is 89.0 Å². The number of nitrogens with zero attached hydrogens (tertiary/aromatic N) is 6. The number of rotatable bonds is 10. The van der Waals surface area contributed by atoms with Gasteiger partial charge in [0.1, 0.15) is 0 Å². The third-order valence-electron chi connectivity index (χ3n) is 14.5. The molecule has 7 aromatic rings. The van der Waals surface area contributed by atoms with E-state index in [0.717, 1.165) is 80.6 Å². The van der Waals surface area contributed by atoms with Crippen LogP contribution in [0.4, 0.5) is 0 Å². The van der Waals surface area contributed by atoms with Crippen molar-refractivity contribution in [2.45, 2.75) is 130 Å². The van der Waals surface area contributed by atoms with Crippen LogP contribution >= 0.6 is 0 Å². The fraction of sp³-hybridized carbons (Fsp3) is 0.385. The third-order valence-corrected chi connectivity index (χ3v) is 14.9. The van der Waals surface area contributed by atoms with E-state index in [-0.39, 0.29) is 21.7 Å². The second-order valence-electron chi connectivity index (χ2n) is 19.7. The van der Waals surface area contributed by atoms with Gasteiger partial charge in [-0.15, -0.1) is 0 Å². The monoisotopic (exact) mass is 876 g/mol. The molecule has 3 aromatic heterocycles. The van der Waals surface area contributed by atoms with Gasteiger partial charge in [-0.1, -0.05) is 18.2 Å². The zero-order valence-electron chi connectivity index (χ0n) is 38.6. The van der Waals surface area contributed by atoms with Crippen molar-refractivity contribution in [3.8, 4) is 51.3 Å². The number of benzene rings is 4. The van der Waals surface area contributed by atoms with E-state index in [1.54, 1.807) is 0 Å². The number of nitrogens with one attached hydrogen (secondary N) is 2. The first kappa shape index (κ1) is 42.7. The van der Waals surface area contributed by atoms with Crippen LogP contribution in [0.3, 0.4) is 0 Å². The van der Waals surface area contributed by atoms with Gasteiger partial charge in [-0.25, -0.2) is 0 Å². The molecular formula is C52H57N8O2V. The van der Waals surface area contributed by atoms with Gasteiger partial charge in [-0.05, 0) is 0 Å². The Morgan fingerprint density at radius 1 is 0.476 bits per heavy atom. The van der Waals surface area contributed by atoms with Crippen LogP contribution in [0.15, 0.2) is 66.7 Å². The molecule has 11 heteroatoms. The van der Waals surface area contributed by atoms with E-state index < -0.39 is 16.6 Å². The van der Waals surface area contributed by atoms with Gasteiger partial charge in [0.05, 0.1) is 0 Å². The fourth-order valence-electron chi connectivity index (χ4n) is 9.38. The predicted octanol–water partition coefficient (Wildman–Crippen LogP) is 13.3. The summed E-state index contributed by atoms with van der Waals surface area (Å²) in [4.78, 5) is 39.6. The Labute approximate surface area is 376 Å². The van der Waals surface area contributed by atoms with Crippen LogP contribution in [0.25, 0.3) is 89.7 Å². The molecule has 8 bridgehead atoms. The molecule has 0 atom stereocenters. The molecule has 0 saturated heterocycles. The second kappa shape index (κ2) is 15.3. The van der Waals surface area contributed by atoms with Crippen molar-refractivity contribution in [1.29, 1.82) is 0 Å². The number of aromatic nitrogens is 8. The van der Waals surface area contributed by atoms with Gasteiger partial charge in [0, 0.05) is 0 Å². The molecule has 63 heavy (non-hydrogen) atoms.